The van der Waals surface area contributed by atoms with Crippen LogP contribution in [0.15, 0.2) is 12.5 Å². The molecular weight excluding hydrogens is 416 g/mol. The van der Waals surface area contributed by atoms with Crippen LogP contribution in [0.2, 0.25) is 0 Å². The van der Waals surface area contributed by atoms with Crippen LogP contribution in [-0.2, 0) is 30.4 Å². The first-order chi connectivity index (χ1) is 14.5. The van der Waals surface area contributed by atoms with E-state index in [1.165, 1.54) is 19.4 Å². The third-order valence-corrected chi connectivity index (χ3v) is 4.14. The number of amides is 3. The van der Waals surface area contributed by atoms with Crippen molar-refractivity contribution >= 4 is 29.7 Å². The number of carbonyl (C=O) groups is 5. The molecule has 1 aromatic rings. The van der Waals surface area contributed by atoms with Gasteiger partial charge in [-0.2, -0.15) is 0 Å². The van der Waals surface area contributed by atoms with Gasteiger partial charge in [-0.25, -0.2) is 9.78 Å². The molecule has 14 heteroatoms. The lowest BCUT2D eigenvalue weighted by molar-refractivity contribution is -0.145. The fraction of sp³-hybridized carbons (Fsp3) is 0.529. The van der Waals surface area contributed by atoms with Crippen molar-refractivity contribution in [2.75, 3.05) is 6.54 Å². The molecule has 0 saturated heterocycles. The van der Waals surface area contributed by atoms with E-state index in [1.807, 2.05) is 0 Å². The molecule has 0 fully saturated rings. The van der Waals surface area contributed by atoms with Gasteiger partial charge in [0.05, 0.1) is 19.0 Å². The number of carbonyl (C=O) groups excluding carboxylic acids is 3. The van der Waals surface area contributed by atoms with Crippen LogP contribution in [0.3, 0.4) is 0 Å². The van der Waals surface area contributed by atoms with Crippen LogP contribution in [0.25, 0.3) is 0 Å². The van der Waals surface area contributed by atoms with Crippen molar-refractivity contribution in [2.45, 2.75) is 50.4 Å². The first-order valence-corrected chi connectivity index (χ1v) is 9.25. The molecule has 0 saturated carbocycles. The van der Waals surface area contributed by atoms with Crippen molar-refractivity contribution in [3.05, 3.63) is 18.2 Å². The van der Waals surface area contributed by atoms with Crippen LogP contribution in [0.5, 0.6) is 0 Å². The summed E-state index contributed by atoms with van der Waals surface area (Å²) in [5.41, 5.74) is 5.64. The smallest absolute Gasteiger partial charge is 0.328 e. The Morgan fingerprint density at radius 1 is 1.10 bits per heavy atom. The number of carboxylic acids is 2. The third-order valence-electron chi connectivity index (χ3n) is 4.14. The molecule has 9 N–H and O–H groups in total. The first kappa shape index (κ1) is 25.5. The predicted molar refractivity (Wildman–Crippen MR) is 103 cm³/mol. The highest BCUT2D eigenvalue weighted by atomic mass is 16.4. The summed E-state index contributed by atoms with van der Waals surface area (Å²) in [5.74, 6) is -5.18. The Morgan fingerprint density at radius 2 is 1.74 bits per heavy atom. The number of nitrogens with one attached hydrogen (secondary N) is 4. The van der Waals surface area contributed by atoms with Crippen LogP contribution in [-0.4, -0.2) is 85.7 Å². The van der Waals surface area contributed by atoms with E-state index in [2.05, 4.69) is 25.9 Å². The van der Waals surface area contributed by atoms with E-state index in [0.29, 0.717) is 5.69 Å². The summed E-state index contributed by atoms with van der Waals surface area (Å²) >= 11 is 0. The highest BCUT2D eigenvalue weighted by Crippen LogP contribution is 2.04. The molecule has 0 radical (unpaired) electrons. The Balaban J connectivity index is 3.03. The highest BCUT2D eigenvalue weighted by Gasteiger charge is 2.31. The summed E-state index contributed by atoms with van der Waals surface area (Å²) in [6.07, 6.45) is 0.463. The van der Waals surface area contributed by atoms with E-state index in [-0.39, 0.29) is 12.8 Å². The SMILES string of the molecule is CC(O)C(NC(=O)C(Cc1cnc[nH]1)NC(=O)C(CCC(=O)O)NC(=O)CN)C(=O)O. The number of aliphatic carboxylic acids is 2. The third kappa shape index (κ3) is 8.79. The second kappa shape index (κ2) is 12.2. The zero-order chi connectivity index (χ0) is 23.6. The predicted octanol–water partition coefficient (Wildman–Crippen LogP) is -3.30. The first-order valence-electron chi connectivity index (χ1n) is 9.25. The number of H-pyrrole nitrogens is 1. The lowest BCUT2D eigenvalue weighted by Gasteiger charge is -2.24. The van der Waals surface area contributed by atoms with Gasteiger partial charge in [-0.1, -0.05) is 0 Å². The van der Waals surface area contributed by atoms with Crippen molar-refractivity contribution in [2.24, 2.45) is 5.73 Å². The van der Waals surface area contributed by atoms with Gasteiger partial charge in [0.15, 0.2) is 6.04 Å². The molecule has 0 aliphatic carbocycles. The maximum absolute atomic E-state index is 12.7. The summed E-state index contributed by atoms with van der Waals surface area (Å²) in [6.45, 7) is 0.732. The van der Waals surface area contributed by atoms with E-state index >= 15 is 0 Å². The van der Waals surface area contributed by atoms with Gasteiger partial charge in [0.25, 0.3) is 0 Å². The number of aliphatic hydroxyl groups excluding tert-OH is 1. The Labute approximate surface area is 176 Å². The van der Waals surface area contributed by atoms with E-state index in [9.17, 15) is 29.1 Å². The minimum Gasteiger partial charge on any atom is -0.481 e. The zero-order valence-corrected chi connectivity index (χ0v) is 16.7. The van der Waals surface area contributed by atoms with Gasteiger partial charge in [-0.05, 0) is 13.3 Å². The largest absolute Gasteiger partial charge is 0.481 e. The second-order valence-corrected chi connectivity index (χ2v) is 6.66. The lowest BCUT2D eigenvalue weighted by Crippen LogP contribution is -2.58. The number of aromatic amines is 1. The highest BCUT2D eigenvalue weighted by molar-refractivity contribution is 5.94. The van der Waals surface area contributed by atoms with Gasteiger partial charge in [-0.3, -0.25) is 19.2 Å². The molecule has 0 spiro atoms. The van der Waals surface area contributed by atoms with Crippen LogP contribution in [0.4, 0.5) is 0 Å². The van der Waals surface area contributed by atoms with Crippen LogP contribution in [0.1, 0.15) is 25.5 Å². The standard InChI is InChI=1S/C17H26N6O8/c1-8(24)14(17(30)31)23-16(29)11(4-9-6-19-7-20-9)22-15(28)10(2-3-13(26)27)21-12(25)5-18/h6-8,10-11,14,24H,2-5,18H2,1H3,(H,19,20)(H,21,25)(H,22,28)(H,23,29)(H,26,27)(H,30,31). The van der Waals surface area contributed by atoms with Crippen molar-refractivity contribution in [3.8, 4) is 0 Å². The Hall–Kier alpha value is -3.52. The van der Waals surface area contributed by atoms with Gasteiger partial charge in [-0.15, -0.1) is 0 Å². The van der Waals surface area contributed by atoms with Crippen LogP contribution < -0.4 is 21.7 Å². The number of hydrogen-bond acceptors (Lipinski definition) is 8. The Kier molecular flexibility index (Phi) is 10.1. The fourth-order valence-electron chi connectivity index (χ4n) is 2.53. The van der Waals surface area contributed by atoms with Crippen LogP contribution in [0, 0.1) is 0 Å². The molecule has 0 aliphatic heterocycles. The van der Waals surface area contributed by atoms with E-state index in [0.717, 1.165) is 0 Å². The number of nitrogens with zero attached hydrogens (tertiary/aromatic N) is 1. The molecule has 4 unspecified atom stereocenters. The van der Waals surface area contributed by atoms with Gasteiger partial charge < -0.3 is 42.0 Å². The molecule has 172 valence electrons. The van der Waals surface area contributed by atoms with E-state index < -0.39 is 66.9 Å². The molecule has 4 atom stereocenters. The summed E-state index contributed by atoms with van der Waals surface area (Å²) < 4.78 is 0. The van der Waals surface area contributed by atoms with Gasteiger partial charge in [0, 0.05) is 24.7 Å². The number of nitrogens with two attached hydrogens (primary N) is 1. The molecule has 1 aromatic heterocycles. The average Bonchev–Trinajstić information content (AvgIpc) is 3.20. The zero-order valence-electron chi connectivity index (χ0n) is 16.7. The molecule has 0 bridgehead atoms. The number of aromatic nitrogens is 2. The molecule has 14 nitrogen and oxygen atoms in total. The summed E-state index contributed by atoms with van der Waals surface area (Å²) in [4.78, 5) is 65.6. The van der Waals surface area contributed by atoms with Crippen molar-refractivity contribution in [1.29, 1.82) is 0 Å². The summed E-state index contributed by atoms with van der Waals surface area (Å²) in [6, 6.07) is -4.25. The number of rotatable bonds is 13. The number of imidazole rings is 1. The minimum absolute atomic E-state index is 0.125. The molecule has 3 amide bonds. The Bertz CT molecular complexity index is 782. The van der Waals surface area contributed by atoms with E-state index in [1.54, 1.807) is 0 Å². The Morgan fingerprint density at radius 3 is 2.23 bits per heavy atom. The topological polar surface area (TPSA) is 237 Å². The summed E-state index contributed by atoms with van der Waals surface area (Å²) in [5, 5.41) is 34.4. The average molecular weight is 442 g/mol. The number of hydrogen-bond donors (Lipinski definition) is 8. The number of aliphatic hydroxyl groups is 1. The van der Waals surface area contributed by atoms with Gasteiger partial charge >= 0.3 is 11.9 Å². The quantitative estimate of drug-likeness (QED) is 0.151. The van der Waals surface area contributed by atoms with Gasteiger partial charge in [0.2, 0.25) is 17.7 Å². The summed E-state index contributed by atoms with van der Waals surface area (Å²) in [7, 11) is 0. The minimum atomic E-state index is -1.63. The maximum atomic E-state index is 12.7. The molecule has 0 aromatic carbocycles. The van der Waals surface area contributed by atoms with Crippen molar-refractivity contribution in [3.63, 3.8) is 0 Å². The molecule has 31 heavy (non-hydrogen) atoms. The van der Waals surface area contributed by atoms with Crippen molar-refractivity contribution in [1.82, 2.24) is 25.9 Å². The monoisotopic (exact) mass is 442 g/mol. The molecular formula is C17H26N6O8. The number of carboxylic acid groups (broad SMARTS) is 2. The molecule has 0 aliphatic rings. The van der Waals surface area contributed by atoms with Crippen LogP contribution >= 0.6 is 0 Å². The normalized spacial score (nSPS) is 14.5. The second-order valence-electron chi connectivity index (χ2n) is 6.66. The van der Waals surface area contributed by atoms with Gasteiger partial charge in [0.1, 0.15) is 12.1 Å². The van der Waals surface area contributed by atoms with E-state index in [4.69, 9.17) is 15.9 Å². The molecule has 1 heterocycles. The maximum Gasteiger partial charge on any atom is 0.328 e. The lowest BCUT2D eigenvalue weighted by atomic mass is 10.1. The van der Waals surface area contributed by atoms with Crippen molar-refractivity contribution < 1.29 is 39.3 Å². The molecule has 1 rings (SSSR count). The fourth-order valence-corrected chi connectivity index (χ4v) is 2.53.